The monoisotopic (exact) mass is 214 g/mol. The van der Waals surface area contributed by atoms with Gasteiger partial charge in [-0.25, -0.2) is 0 Å². The minimum absolute atomic E-state index is 0.580. The second kappa shape index (κ2) is 5.55. The molecule has 0 N–H and O–H groups in total. The summed E-state index contributed by atoms with van der Waals surface area (Å²) in [4.78, 5) is 2.14. The first-order valence-electron chi connectivity index (χ1n) is 4.84. The Kier molecular flexibility index (Phi) is 4.67. The molecule has 1 nitrogen and oxygen atoms in total. The van der Waals surface area contributed by atoms with Crippen molar-refractivity contribution in [2.75, 3.05) is 6.54 Å². The lowest BCUT2D eigenvalue weighted by Crippen LogP contribution is -2.39. The van der Waals surface area contributed by atoms with Crippen LogP contribution in [0.25, 0.3) is 0 Å². The fourth-order valence-electron chi connectivity index (χ4n) is 1.90. The van der Waals surface area contributed by atoms with Gasteiger partial charge in [0.05, 0.1) is 0 Å². The fraction of sp³-hybridized carbons (Fsp3) is 0.700. The Hall–Kier alpha value is -0.150. The van der Waals surface area contributed by atoms with Crippen LogP contribution >= 0.6 is 12.2 Å². The van der Waals surface area contributed by atoms with E-state index in [1.54, 1.807) is 0 Å². The third-order valence-electron chi connectivity index (χ3n) is 2.58. The van der Waals surface area contributed by atoms with Crippen LogP contribution in [0.1, 0.15) is 32.1 Å². The van der Waals surface area contributed by atoms with Crippen molar-refractivity contribution in [3.05, 3.63) is 12.7 Å². The standard InChI is InChI=1S/C10H17NS2/c1-2-8-11(10(12)13)9-6-4-3-5-7-9/h2,9H,1,3-8H2,(H,12,13)/p-1. The molecule has 1 aliphatic rings. The third-order valence-corrected chi connectivity index (χ3v) is 3.04. The van der Waals surface area contributed by atoms with Gasteiger partial charge in [0.15, 0.2) is 0 Å². The van der Waals surface area contributed by atoms with Crippen LogP contribution in [-0.2, 0) is 12.6 Å². The average molecular weight is 214 g/mol. The van der Waals surface area contributed by atoms with Crippen LogP contribution in [0.15, 0.2) is 12.7 Å². The van der Waals surface area contributed by atoms with E-state index >= 15 is 0 Å². The summed E-state index contributed by atoms with van der Waals surface area (Å²) in [6, 6.07) is 0.580. The average Bonchev–Trinajstić information content (AvgIpc) is 2.15. The highest BCUT2D eigenvalue weighted by Crippen LogP contribution is 2.22. The summed E-state index contributed by atoms with van der Waals surface area (Å²) in [7, 11) is 0. The van der Waals surface area contributed by atoms with E-state index in [9.17, 15) is 0 Å². The molecule has 1 saturated carbocycles. The van der Waals surface area contributed by atoms with E-state index in [0.29, 0.717) is 10.4 Å². The van der Waals surface area contributed by atoms with E-state index < -0.39 is 0 Å². The van der Waals surface area contributed by atoms with E-state index in [2.05, 4.69) is 11.5 Å². The van der Waals surface area contributed by atoms with E-state index in [-0.39, 0.29) is 0 Å². The zero-order chi connectivity index (χ0) is 9.68. The Bertz CT molecular complexity index is 185. The molecule has 0 aromatic rings. The summed E-state index contributed by atoms with van der Waals surface area (Å²) in [5, 5.41) is 0. The molecule has 0 unspecified atom stereocenters. The van der Waals surface area contributed by atoms with Gasteiger partial charge in [-0.2, -0.15) is 0 Å². The molecule has 74 valence electrons. The molecule has 13 heavy (non-hydrogen) atoms. The molecular weight excluding hydrogens is 198 g/mol. The third kappa shape index (κ3) is 3.24. The van der Waals surface area contributed by atoms with Crippen LogP contribution in [0.4, 0.5) is 0 Å². The largest absolute Gasteiger partial charge is 0.411 e. The molecular formula is C10H16NS2-. The first-order valence-corrected chi connectivity index (χ1v) is 5.66. The predicted octanol–water partition coefficient (Wildman–Crippen LogP) is 2.64. The molecule has 0 amide bonds. The van der Waals surface area contributed by atoms with Crippen molar-refractivity contribution in [1.82, 2.24) is 4.90 Å². The summed E-state index contributed by atoms with van der Waals surface area (Å²) in [6.45, 7) is 4.54. The van der Waals surface area contributed by atoms with Crippen LogP contribution in [0.3, 0.4) is 0 Å². The normalized spacial score (nSPS) is 18.2. The van der Waals surface area contributed by atoms with E-state index in [4.69, 9.17) is 24.8 Å². The maximum absolute atomic E-state index is 5.06. The van der Waals surface area contributed by atoms with Crippen LogP contribution in [0.5, 0.6) is 0 Å². The van der Waals surface area contributed by atoms with E-state index in [0.717, 1.165) is 6.54 Å². The molecule has 1 rings (SSSR count). The number of nitrogens with zero attached hydrogens (tertiary/aromatic N) is 1. The molecule has 0 aromatic carbocycles. The van der Waals surface area contributed by atoms with Gasteiger partial charge in [0, 0.05) is 12.6 Å². The second-order valence-corrected chi connectivity index (χ2v) is 4.53. The fourth-order valence-corrected chi connectivity index (χ4v) is 2.35. The topological polar surface area (TPSA) is 3.24 Å². The van der Waals surface area contributed by atoms with E-state index in [1.165, 1.54) is 32.1 Å². The Morgan fingerprint density at radius 3 is 2.54 bits per heavy atom. The number of hydrogen-bond donors (Lipinski definition) is 0. The van der Waals surface area contributed by atoms with Crippen molar-refractivity contribution in [3.63, 3.8) is 0 Å². The Labute approximate surface area is 91.6 Å². The van der Waals surface area contributed by atoms with Gasteiger partial charge >= 0.3 is 0 Å². The summed E-state index contributed by atoms with van der Waals surface area (Å²) in [5.41, 5.74) is 0. The maximum Gasteiger partial charge on any atom is 0.0344 e. The van der Waals surface area contributed by atoms with Crippen LogP contribution < -0.4 is 0 Å². The summed E-state index contributed by atoms with van der Waals surface area (Å²) in [6.07, 6.45) is 8.36. The lowest BCUT2D eigenvalue weighted by Gasteiger charge is -2.38. The van der Waals surface area contributed by atoms with Crippen LogP contribution in [0.2, 0.25) is 0 Å². The quantitative estimate of drug-likeness (QED) is 0.404. The van der Waals surface area contributed by atoms with Gasteiger partial charge in [-0.1, -0.05) is 29.7 Å². The predicted molar refractivity (Wildman–Crippen MR) is 63.7 cm³/mol. The van der Waals surface area contributed by atoms with Gasteiger partial charge in [0.25, 0.3) is 0 Å². The molecule has 0 bridgehead atoms. The lowest BCUT2D eigenvalue weighted by molar-refractivity contribution is 0.268. The first-order chi connectivity index (χ1) is 6.25. The number of rotatable bonds is 3. The van der Waals surface area contributed by atoms with Gasteiger partial charge in [-0.3, -0.25) is 0 Å². The zero-order valence-corrected chi connectivity index (χ0v) is 9.50. The first kappa shape index (κ1) is 10.9. The van der Waals surface area contributed by atoms with Crippen molar-refractivity contribution >= 4 is 29.2 Å². The van der Waals surface area contributed by atoms with Crippen molar-refractivity contribution in [2.45, 2.75) is 38.1 Å². The molecule has 1 fully saturated rings. The summed E-state index contributed by atoms with van der Waals surface area (Å²) in [5.74, 6) is 0. The van der Waals surface area contributed by atoms with Crippen molar-refractivity contribution in [1.29, 1.82) is 0 Å². The molecule has 1 aliphatic carbocycles. The molecule has 3 heteroatoms. The summed E-state index contributed by atoms with van der Waals surface area (Å²) < 4.78 is 0.604. The van der Waals surface area contributed by atoms with Crippen molar-refractivity contribution in [3.8, 4) is 0 Å². The summed E-state index contributed by atoms with van der Waals surface area (Å²) >= 11 is 10.1. The van der Waals surface area contributed by atoms with Crippen LogP contribution in [-0.4, -0.2) is 21.8 Å². The smallest absolute Gasteiger partial charge is 0.0344 e. The highest BCUT2D eigenvalue weighted by molar-refractivity contribution is 8.00. The second-order valence-electron chi connectivity index (χ2n) is 3.50. The van der Waals surface area contributed by atoms with Crippen LogP contribution in [0, 0.1) is 0 Å². The lowest BCUT2D eigenvalue weighted by atomic mass is 9.94. The van der Waals surface area contributed by atoms with Gasteiger partial charge in [-0.05, 0) is 12.8 Å². The molecule has 0 atom stereocenters. The van der Waals surface area contributed by atoms with E-state index in [1.807, 2.05) is 6.08 Å². The van der Waals surface area contributed by atoms with Gasteiger partial charge in [0.1, 0.15) is 0 Å². The molecule has 0 heterocycles. The Balaban J connectivity index is 2.51. The highest BCUT2D eigenvalue weighted by atomic mass is 32.1. The SMILES string of the molecule is C=CCN(C(=S)[S-])C1CCCCC1. The molecule has 0 aromatic heterocycles. The minimum atomic E-state index is 0.580. The maximum atomic E-state index is 5.06. The highest BCUT2D eigenvalue weighted by Gasteiger charge is 2.17. The van der Waals surface area contributed by atoms with Gasteiger partial charge in [-0.15, -0.1) is 6.58 Å². The Morgan fingerprint density at radius 2 is 2.08 bits per heavy atom. The Morgan fingerprint density at radius 1 is 1.46 bits per heavy atom. The molecule has 0 aliphatic heterocycles. The van der Waals surface area contributed by atoms with Crippen molar-refractivity contribution < 1.29 is 0 Å². The minimum Gasteiger partial charge on any atom is -0.411 e. The molecule has 0 radical (unpaired) electrons. The van der Waals surface area contributed by atoms with Gasteiger partial charge < -0.3 is 29.7 Å². The molecule has 0 spiro atoms. The number of hydrogen-bond acceptors (Lipinski definition) is 2. The van der Waals surface area contributed by atoms with Gasteiger partial charge in [0.2, 0.25) is 0 Å². The number of thiocarbonyl (C=S) groups is 1. The van der Waals surface area contributed by atoms with Crippen molar-refractivity contribution in [2.24, 2.45) is 0 Å². The zero-order valence-electron chi connectivity index (χ0n) is 7.87. The molecule has 0 saturated heterocycles.